The first kappa shape index (κ1) is 65.2. The van der Waals surface area contributed by atoms with E-state index in [1.807, 2.05) is 0 Å². The van der Waals surface area contributed by atoms with Crippen molar-refractivity contribution in [2.45, 2.75) is 300 Å². The fourth-order valence-corrected chi connectivity index (χ4v) is 9.63. The smallest absolute Gasteiger partial charge is 0.493 e. The Kier molecular flexibility index (Phi) is 41.8. The van der Waals surface area contributed by atoms with Gasteiger partial charge in [0.1, 0.15) is 0 Å². The summed E-state index contributed by atoms with van der Waals surface area (Å²) in [6.45, 7) is 30.6. The second kappa shape index (κ2) is 43.0. The standard InChI is InChI=1S/C48H76N2.2C8H17.Pd/c1-9-17-25-37-33-41(34-38(26-18-10-2)43(37)29-21-13-5)47-45(31-23-15-7)46(32-24-16-8)48(50(47)49)42-35-39(27-19-11-3)44(30-22-14-6)40(36-42)28-20-12-4;2*1-3-5-7-8-6-4-2;/h33-36H,9-32H2,1-8H3;2*1,3-8H2,2H3;/q;2*-1;+2. The molecule has 0 aliphatic carbocycles. The minimum atomic E-state index is 0. The van der Waals surface area contributed by atoms with Crippen molar-refractivity contribution in [3.8, 4) is 0 Å². The first-order valence-corrected chi connectivity index (χ1v) is 29.1. The molecule has 0 N–H and O–H groups in total. The van der Waals surface area contributed by atoms with Crippen molar-refractivity contribution in [1.29, 1.82) is 0 Å². The van der Waals surface area contributed by atoms with Crippen LogP contribution in [0.3, 0.4) is 0 Å². The summed E-state index contributed by atoms with van der Waals surface area (Å²) in [5, 5.41) is 0. The van der Waals surface area contributed by atoms with Gasteiger partial charge in [0.05, 0.1) is 0 Å². The zero-order chi connectivity index (χ0) is 48.8. The predicted molar refractivity (Wildman–Crippen MR) is 299 cm³/mol. The first-order chi connectivity index (χ1) is 32.3. The molecule has 0 unspecified atom stereocenters. The molecule has 2 aromatic rings. The van der Waals surface area contributed by atoms with Gasteiger partial charge in [-0.05, 0) is 160 Å². The molecule has 0 spiro atoms. The summed E-state index contributed by atoms with van der Waals surface area (Å²) >= 11 is 0. The summed E-state index contributed by atoms with van der Waals surface area (Å²) in [5.41, 5.74) is 29.5. The van der Waals surface area contributed by atoms with Gasteiger partial charge in [0, 0.05) is 22.3 Å². The topological polar surface area (TPSA) is 25.3 Å². The van der Waals surface area contributed by atoms with Gasteiger partial charge in [-0.15, -0.1) is 0 Å². The Morgan fingerprint density at radius 3 is 0.821 bits per heavy atom. The molecule has 2 nitrogen and oxygen atoms in total. The van der Waals surface area contributed by atoms with Gasteiger partial charge < -0.3 is 19.4 Å². The van der Waals surface area contributed by atoms with Crippen LogP contribution < -0.4 is 0 Å². The molecule has 0 radical (unpaired) electrons. The summed E-state index contributed by atoms with van der Waals surface area (Å²) in [4.78, 5) is 0. The van der Waals surface area contributed by atoms with Gasteiger partial charge in [-0.2, -0.15) is 12.8 Å². The molecule has 67 heavy (non-hydrogen) atoms. The quantitative estimate of drug-likeness (QED) is 0.0281. The maximum Gasteiger partial charge on any atom is 2.00 e. The molecular formula is C64H110N2Pd. The third kappa shape index (κ3) is 24.7. The Morgan fingerprint density at radius 1 is 0.328 bits per heavy atom. The molecule has 0 fully saturated rings. The minimum Gasteiger partial charge on any atom is -0.493 e. The van der Waals surface area contributed by atoms with E-state index in [1.54, 1.807) is 15.8 Å². The molecule has 1 heterocycles. The van der Waals surface area contributed by atoms with Crippen molar-refractivity contribution in [3.63, 3.8) is 0 Å². The van der Waals surface area contributed by atoms with Crippen LogP contribution in [0.2, 0.25) is 0 Å². The number of aryl methyl sites for hydroxylation is 4. The van der Waals surface area contributed by atoms with Gasteiger partial charge in [-0.25, -0.2) is 4.70 Å². The average Bonchev–Trinajstić information content (AvgIpc) is 3.61. The van der Waals surface area contributed by atoms with Crippen LogP contribution in [-0.2, 0) is 58.9 Å². The molecule has 3 heteroatoms. The fourth-order valence-electron chi connectivity index (χ4n) is 9.63. The van der Waals surface area contributed by atoms with Crippen LogP contribution in [0, 0.1) is 13.8 Å². The van der Waals surface area contributed by atoms with E-state index in [0.29, 0.717) is 0 Å². The molecule has 0 saturated carbocycles. The summed E-state index contributed by atoms with van der Waals surface area (Å²) in [5.74, 6) is 0. The van der Waals surface area contributed by atoms with E-state index in [4.69, 9.17) is 0 Å². The molecule has 0 bridgehead atoms. The molecule has 0 aromatic heterocycles. The van der Waals surface area contributed by atoms with Crippen molar-refractivity contribution < 1.29 is 25.1 Å². The normalized spacial score (nSPS) is 12.3. The number of hydrogen-bond acceptors (Lipinski definition) is 0. The van der Waals surface area contributed by atoms with Crippen LogP contribution in [0.25, 0.3) is 16.9 Å². The Bertz CT molecular complexity index is 1420. The number of rotatable bonds is 36. The number of benzene rings is 2. The SMILES string of the molecule is CCCCC1=C(c2cc(CCCC)c(CCCC)c(CCCC)c2)[N+](=[N-])C(c2cc(CCCC)c(CCCC)c(CCCC)c2)=C1CCCC.[CH2-]CCCCCCC.[CH2-]CCCCCCC.[Pd+2]. The number of nitrogens with zero attached hydrogens (tertiary/aromatic N) is 2. The zero-order valence-electron chi connectivity index (χ0n) is 46.4. The van der Waals surface area contributed by atoms with Crippen LogP contribution in [0.4, 0.5) is 0 Å². The van der Waals surface area contributed by atoms with Gasteiger partial charge in [0.25, 0.3) is 0 Å². The van der Waals surface area contributed by atoms with Gasteiger partial charge in [-0.1, -0.05) is 185 Å². The molecule has 0 saturated heterocycles. The van der Waals surface area contributed by atoms with E-state index in [0.717, 1.165) is 88.4 Å². The Hall–Kier alpha value is -1.82. The van der Waals surface area contributed by atoms with Crippen molar-refractivity contribution in [2.24, 2.45) is 0 Å². The Morgan fingerprint density at radius 2 is 0.567 bits per heavy atom. The van der Waals surface area contributed by atoms with Gasteiger partial charge in [0.15, 0.2) is 0 Å². The van der Waals surface area contributed by atoms with Crippen LogP contribution in [0.1, 0.15) is 306 Å². The molecule has 2 aromatic carbocycles. The number of hydrogen-bond donors (Lipinski definition) is 0. The second-order valence-corrected chi connectivity index (χ2v) is 19.9. The van der Waals surface area contributed by atoms with E-state index >= 15 is 0 Å². The van der Waals surface area contributed by atoms with Crippen molar-refractivity contribution in [1.82, 2.24) is 0 Å². The molecular weight excluding hydrogens is 903 g/mol. The van der Waals surface area contributed by atoms with E-state index in [9.17, 15) is 5.53 Å². The summed E-state index contributed by atoms with van der Waals surface area (Å²) in [6, 6.07) is 10.0. The maximum absolute atomic E-state index is 12.7. The maximum atomic E-state index is 12.7. The Balaban J connectivity index is 0.00000218. The second-order valence-electron chi connectivity index (χ2n) is 19.9. The van der Waals surface area contributed by atoms with Crippen LogP contribution >= 0.6 is 0 Å². The fraction of sp³-hybridized carbons (Fsp3) is 0.719. The molecule has 3 rings (SSSR count). The third-order valence-electron chi connectivity index (χ3n) is 13.8. The van der Waals surface area contributed by atoms with Gasteiger partial charge in [0.2, 0.25) is 11.4 Å². The van der Waals surface area contributed by atoms with E-state index in [1.165, 1.54) is 199 Å². The van der Waals surface area contributed by atoms with Crippen molar-refractivity contribution >= 4 is 11.4 Å². The monoisotopic (exact) mass is 1010 g/mol. The van der Waals surface area contributed by atoms with Crippen LogP contribution in [-0.4, -0.2) is 4.70 Å². The third-order valence-corrected chi connectivity index (χ3v) is 13.8. The Labute approximate surface area is 433 Å². The molecule has 386 valence electrons. The van der Waals surface area contributed by atoms with Crippen LogP contribution in [0.5, 0.6) is 0 Å². The van der Waals surface area contributed by atoms with Gasteiger partial charge >= 0.3 is 20.4 Å². The molecule has 0 atom stereocenters. The van der Waals surface area contributed by atoms with Crippen molar-refractivity contribution in [2.75, 3.05) is 0 Å². The number of unbranched alkanes of at least 4 members (excludes halogenated alkanes) is 18. The van der Waals surface area contributed by atoms with E-state index in [2.05, 4.69) is 107 Å². The van der Waals surface area contributed by atoms with E-state index in [-0.39, 0.29) is 20.4 Å². The largest absolute Gasteiger partial charge is 2.00 e. The van der Waals surface area contributed by atoms with E-state index < -0.39 is 0 Å². The van der Waals surface area contributed by atoms with Crippen LogP contribution in [0.15, 0.2) is 35.4 Å². The first-order valence-electron chi connectivity index (χ1n) is 29.1. The van der Waals surface area contributed by atoms with Gasteiger partial charge in [-0.3, -0.25) is 0 Å². The molecule has 1 aliphatic rings. The number of allylic oxidation sites excluding steroid dienone is 2. The predicted octanol–water partition coefficient (Wildman–Crippen LogP) is 21.7. The molecule has 0 amide bonds. The summed E-state index contributed by atoms with van der Waals surface area (Å²) in [7, 11) is 0. The summed E-state index contributed by atoms with van der Waals surface area (Å²) in [6.07, 6.45) is 44.2. The molecule has 1 aliphatic heterocycles. The van der Waals surface area contributed by atoms with Crippen molar-refractivity contribution in [3.05, 3.63) is 99.3 Å². The summed E-state index contributed by atoms with van der Waals surface area (Å²) < 4.78 is 1.69. The average molecular weight is 1010 g/mol. The zero-order valence-corrected chi connectivity index (χ0v) is 47.9. The minimum absolute atomic E-state index is 0.